The van der Waals surface area contributed by atoms with E-state index in [1.807, 2.05) is 16.8 Å². The Bertz CT molecular complexity index is 433. The van der Waals surface area contributed by atoms with Gasteiger partial charge in [0, 0.05) is 10.9 Å². The summed E-state index contributed by atoms with van der Waals surface area (Å²) in [5, 5.41) is 7.65. The lowest BCUT2D eigenvalue weighted by atomic mass is 10.3. The zero-order valence-electron chi connectivity index (χ0n) is 7.56. The molecule has 0 fully saturated rings. The molecule has 0 atom stereocenters. The maximum Gasteiger partial charge on any atom is 0.234 e. The van der Waals surface area contributed by atoms with Crippen LogP contribution >= 0.6 is 11.3 Å². The van der Waals surface area contributed by atoms with Crippen molar-refractivity contribution in [3.05, 3.63) is 22.7 Å². The number of nitrogens with zero attached hydrogens (tertiary/aromatic N) is 2. The van der Waals surface area contributed by atoms with E-state index in [0.717, 1.165) is 5.56 Å². The number of ketones is 1. The van der Waals surface area contributed by atoms with Crippen molar-refractivity contribution in [3.8, 4) is 11.4 Å². The highest BCUT2D eigenvalue weighted by atomic mass is 32.1. The zero-order valence-corrected chi connectivity index (χ0v) is 8.37. The van der Waals surface area contributed by atoms with E-state index in [4.69, 9.17) is 4.52 Å². The summed E-state index contributed by atoms with van der Waals surface area (Å²) in [7, 11) is 0. The van der Waals surface area contributed by atoms with Crippen molar-refractivity contribution in [1.29, 1.82) is 0 Å². The standard InChI is InChI=1S/C9H8N2O2S/c1-6(12)4-8-10-9(11-13-8)7-2-3-14-5-7/h2-3,5H,4H2,1H3. The molecular formula is C9H8N2O2S. The molecule has 0 aliphatic carbocycles. The fraction of sp³-hybridized carbons (Fsp3) is 0.222. The van der Waals surface area contributed by atoms with E-state index in [9.17, 15) is 4.79 Å². The van der Waals surface area contributed by atoms with Gasteiger partial charge in [-0.3, -0.25) is 4.79 Å². The summed E-state index contributed by atoms with van der Waals surface area (Å²) >= 11 is 1.57. The number of aromatic nitrogens is 2. The number of Topliss-reactive ketones (excluding diaryl/α,β-unsaturated/α-hetero) is 1. The first-order valence-corrected chi connectivity index (χ1v) is 5.04. The van der Waals surface area contributed by atoms with Crippen LogP contribution in [0.4, 0.5) is 0 Å². The van der Waals surface area contributed by atoms with Crippen LogP contribution in [0.3, 0.4) is 0 Å². The molecule has 0 saturated heterocycles. The van der Waals surface area contributed by atoms with E-state index in [1.165, 1.54) is 6.92 Å². The first kappa shape index (κ1) is 9.08. The van der Waals surface area contributed by atoms with Crippen molar-refractivity contribution in [2.45, 2.75) is 13.3 Å². The van der Waals surface area contributed by atoms with E-state index in [1.54, 1.807) is 11.3 Å². The molecule has 0 aliphatic heterocycles. The Hall–Kier alpha value is -1.49. The molecule has 0 amide bonds. The predicted molar refractivity (Wildman–Crippen MR) is 52.0 cm³/mol. The fourth-order valence-electron chi connectivity index (χ4n) is 1.05. The zero-order chi connectivity index (χ0) is 9.97. The number of thiophene rings is 1. The number of carbonyl (C=O) groups excluding carboxylic acids is 1. The highest BCUT2D eigenvalue weighted by Gasteiger charge is 2.09. The van der Waals surface area contributed by atoms with Gasteiger partial charge >= 0.3 is 0 Å². The van der Waals surface area contributed by atoms with Crippen LogP contribution < -0.4 is 0 Å². The van der Waals surface area contributed by atoms with Gasteiger partial charge in [0.25, 0.3) is 0 Å². The van der Waals surface area contributed by atoms with E-state index >= 15 is 0 Å². The minimum Gasteiger partial charge on any atom is -0.339 e. The maximum atomic E-state index is 10.8. The van der Waals surface area contributed by atoms with Crippen molar-refractivity contribution >= 4 is 17.1 Å². The van der Waals surface area contributed by atoms with Crippen LogP contribution in [0, 0.1) is 0 Å². The van der Waals surface area contributed by atoms with Crippen LogP contribution in [0.25, 0.3) is 11.4 Å². The highest BCUT2D eigenvalue weighted by Crippen LogP contribution is 2.18. The quantitative estimate of drug-likeness (QED) is 0.773. The van der Waals surface area contributed by atoms with Gasteiger partial charge in [0.05, 0.1) is 6.42 Å². The van der Waals surface area contributed by atoms with Crippen LogP contribution in [-0.2, 0) is 11.2 Å². The van der Waals surface area contributed by atoms with Crippen molar-refractivity contribution in [1.82, 2.24) is 10.1 Å². The molecule has 5 heteroatoms. The molecule has 2 aromatic heterocycles. The van der Waals surface area contributed by atoms with E-state index in [0.29, 0.717) is 11.7 Å². The Morgan fingerprint density at radius 2 is 2.50 bits per heavy atom. The van der Waals surface area contributed by atoms with Gasteiger partial charge < -0.3 is 4.52 Å². The van der Waals surface area contributed by atoms with Gasteiger partial charge in [-0.05, 0) is 18.4 Å². The average molecular weight is 208 g/mol. The molecule has 2 rings (SSSR count). The molecule has 14 heavy (non-hydrogen) atoms. The molecule has 0 radical (unpaired) electrons. The second-order valence-electron chi connectivity index (χ2n) is 2.90. The Labute approximate surface area is 84.6 Å². The lowest BCUT2D eigenvalue weighted by molar-refractivity contribution is -0.116. The van der Waals surface area contributed by atoms with Gasteiger partial charge in [-0.2, -0.15) is 16.3 Å². The van der Waals surface area contributed by atoms with Crippen LogP contribution in [-0.4, -0.2) is 15.9 Å². The molecule has 4 nitrogen and oxygen atoms in total. The normalized spacial score (nSPS) is 10.4. The van der Waals surface area contributed by atoms with E-state index in [-0.39, 0.29) is 12.2 Å². The number of hydrogen-bond donors (Lipinski definition) is 0. The van der Waals surface area contributed by atoms with Crippen LogP contribution in [0.1, 0.15) is 12.8 Å². The van der Waals surface area contributed by atoms with Crippen molar-refractivity contribution in [2.24, 2.45) is 0 Å². The monoisotopic (exact) mass is 208 g/mol. The van der Waals surface area contributed by atoms with Gasteiger partial charge in [0.1, 0.15) is 5.78 Å². The second-order valence-corrected chi connectivity index (χ2v) is 3.68. The first-order valence-electron chi connectivity index (χ1n) is 4.10. The Morgan fingerprint density at radius 1 is 1.64 bits per heavy atom. The number of hydrogen-bond acceptors (Lipinski definition) is 5. The molecule has 2 aromatic rings. The van der Waals surface area contributed by atoms with Gasteiger partial charge in [0.2, 0.25) is 11.7 Å². The molecule has 0 bridgehead atoms. The largest absolute Gasteiger partial charge is 0.339 e. The van der Waals surface area contributed by atoms with Crippen LogP contribution in [0.15, 0.2) is 21.3 Å². The Kier molecular flexibility index (Phi) is 2.41. The van der Waals surface area contributed by atoms with E-state index in [2.05, 4.69) is 10.1 Å². The average Bonchev–Trinajstić information content (AvgIpc) is 2.69. The Balaban J connectivity index is 2.22. The molecule has 0 spiro atoms. The lowest BCUT2D eigenvalue weighted by Gasteiger charge is -1.84. The van der Waals surface area contributed by atoms with Crippen molar-refractivity contribution in [2.75, 3.05) is 0 Å². The molecule has 72 valence electrons. The van der Waals surface area contributed by atoms with Crippen molar-refractivity contribution < 1.29 is 9.32 Å². The minimum absolute atomic E-state index is 0.0190. The molecule has 2 heterocycles. The third kappa shape index (κ3) is 1.88. The molecule has 0 unspecified atom stereocenters. The summed E-state index contributed by atoms with van der Waals surface area (Å²) in [5.74, 6) is 0.937. The summed E-state index contributed by atoms with van der Waals surface area (Å²) in [4.78, 5) is 14.9. The minimum atomic E-state index is 0.0190. The lowest BCUT2D eigenvalue weighted by Crippen LogP contribution is -1.95. The number of carbonyl (C=O) groups is 1. The third-order valence-corrected chi connectivity index (χ3v) is 2.33. The van der Waals surface area contributed by atoms with Crippen molar-refractivity contribution in [3.63, 3.8) is 0 Å². The third-order valence-electron chi connectivity index (χ3n) is 1.65. The maximum absolute atomic E-state index is 10.8. The molecule has 0 N–H and O–H groups in total. The molecule has 0 aromatic carbocycles. The van der Waals surface area contributed by atoms with E-state index < -0.39 is 0 Å². The summed E-state index contributed by atoms with van der Waals surface area (Å²) < 4.78 is 4.92. The molecule has 0 aliphatic rings. The fourth-order valence-corrected chi connectivity index (χ4v) is 1.68. The summed E-state index contributed by atoms with van der Waals surface area (Å²) in [6.45, 7) is 1.49. The van der Waals surface area contributed by atoms with Crippen LogP contribution in [0.2, 0.25) is 0 Å². The van der Waals surface area contributed by atoms with Gasteiger partial charge in [0.15, 0.2) is 0 Å². The number of rotatable bonds is 3. The highest BCUT2D eigenvalue weighted by molar-refractivity contribution is 7.08. The summed E-state index contributed by atoms with van der Waals surface area (Å²) in [5.41, 5.74) is 0.925. The molecule has 0 saturated carbocycles. The van der Waals surface area contributed by atoms with Crippen LogP contribution in [0.5, 0.6) is 0 Å². The topological polar surface area (TPSA) is 56.0 Å². The SMILES string of the molecule is CC(=O)Cc1nc(-c2ccsc2)no1. The summed E-state index contributed by atoms with van der Waals surface area (Å²) in [6.07, 6.45) is 0.205. The van der Waals surface area contributed by atoms with Gasteiger partial charge in [-0.25, -0.2) is 0 Å². The predicted octanol–water partition coefficient (Wildman–Crippen LogP) is 1.93. The summed E-state index contributed by atoms with van der Waals surface area (Å²) in [6, 6.07) is 1.91. The second kappa shape index (κ2) is 3.71. The smallest absolute Gasteiger partial charge is 0.234 e. The molecular weight excluding hydrogens is 200 g/mol. The van der Waals surface area contributed by atoms with Gasteiger partial charge in [-0.1, -0.05) is 5.16 Å². The first-order chi connectivity index (χ1) is 6.75. The van der Waals surface area contributed by atoms with Gasteiger partial charge in [-0.15, -0.1) is 0 Å². The Morgan fingerprint density at radius 3 is 3.14 bits per heavy atom.